The van der Waals surface area contributed by atoms with Crippen LogP contribution in [0, 0.1) is 25.7 Å². The quantitative estimate of drug-likeness (QED) is 0.602. The number of ketones is 1. The van der Waals surface area contributed by atoms with Crippen LogP contribution in [0.1, 0.15) is 50.3 Å². The number of rotatable bonds is 8. The van der Waals surface area contributed by atoms with Gasteiger partial charge in [-0.1, -0.05) is 32.0 Å². The normalized spacial score (nSPS) is 21.9. The van der Waals surface area contributed by atoms with Crippen LogP contribution in [-0.4, -0.2) is 48.9 Å². The number of quaternary nitrogens is 1. The SMILES string of the molecule is CC[N+]1(CC(=O)Cc2c(C)cccc2C)CCCC(C(=O)NCC(C)C)C1.[Y]. The van der Waals surface area contributed by atoms with E-state index in [-0.39, 0.29) is 50.3 Å². The molecule has 28 heavy (non-hydrogen) atoms. The number of nitrogens with zero attached hydrogens (tertiary/aromatic N) is 1. The molecule has 2 rings (SSSR count). The molecule has 1 N–H and O–H groups in total. The fourth-order valence-electron chi connectivity index (χ4n) is 4.28. The molecule has 0 aromatic heterocycles. The van der Waals surface area contributed by atoms with E-state index >= 15 is 0 Å². The zero-order chi connectivity index (χ0) is 20.0. The Morgan fingerprint density at radius 1 is 1.21 bits per heavy atom. The zero-order valence-electron chi connectivity index (χ0n) is 18.4. The average Bonchev–Trinajstić information content (AvgIpc) is 2.63. The molecule has 0 aliphatic carbocycles. The first kappa shape index (κ1) is 25.5. The van der Waals surface area contributed by atoms with Crippen LogP contribution >= 0.6 is 0 Å². The second-order valence-electron chi connectivity index (χ2n) is 8.79. The number of likely N-dealkylation sites (N-methyl/N-ethyl adjacent to an activating group) is 1. The molecule has 1 aliphatic rings. The van der Waals surface area contributed by atoms with Crippen molar-refractivity contribution in [1.82, 2.24) is 5.32 Å². The number of likely N-dealkylation sites (tertiary alicyclic amines) is 1. The fraction of sp³-hybridized carbons (Fsp3) is 0.652. The van der Waals surface area contributed by atoms with Crippen LogP contribution in [0.4, 0.5) is 0 Å². The molecule has 1 aromatic rings. The summed E-state index contributed by atoms with van der Waals surface area (Å²) in [7, 11) is 0. The number of hydrogen-bond donors (Lipinski definition) is 1. The largest absolute Gasteiger partial charge is 0.355 e. The van der Waals surface area contributed by atoms with Gasteiger partial charge >= 0.3 is 0 Å². The average molecular weight is 462 g/mol. The van der Waals surface area contributed by atoms with Gasteiger partial charge in [0.05, 0.1) is 25.6 Å². The van der Waals surface area contributed by atoms with Crippen molar-refractivity contribution in [3.05, 3.63) is 34.9 Å². The van der Waals surface area contributed by atoms with E-state index in [0.717, 1.165) is 43.5 Å². The Morgan fingerprint density at radius 2 is 1.86 bits per heavy atom. The number of Topliss-reactive ketones (excluding diaryl/α,β-unsaturated/α-hetero) is 1. The number of amides is 1. The standard InChI is InChI=1S/C23H36N2O2.Y/c1-6-25(12-8-11-20(15-25)23(27)24-14-17(2)3)16-21(26)13-22-18(4)9-7-10-19(22)5;/h7,9-10,17,20H,6,8,11-16H2,1-5H3;/p+1. The summed E-state index contributed by atoms with van der Waals surface area (Å²) in [4.78, 5) is 25.5. The van der Waals surface area contributed by atoms with E-state index in [1.807, 2.05) is 6.07 Å². The molecular weight excluding hydrogens is 425 g/mol. The number of aryl methyl sites for hydroxylation is 2. The van der Waals surface area contributed by atoms with Crippen LogP contribution in [-0.2, 0) is 48.7 Å². The molecule has 4 nitrogen and oxygen atoms in total. The van der Waals surface area contributed by atoms with Crippen LogP contribution in [0.25, 0.3) is 0 Å². The predicted molar refractivity (Wildman–Crippen MR) is 111 cm³/mol. The van der Waals surface area contributed by atoms with Gasteiger partial charge in [-0.2, -0.15) is 0 Å². The third-order valence-corrected chi connectivity index (χ3v) is 6.05. The van der Waals surface area contributed by atoms with Crippen LogP contribution < -0.4 is 5.32 Å². The summed E-state index contributed by atoms with van der Waals surface area (Å²) in [5.74, 6) is 0.950. The maximum atomic E-state index is 12.9. The van der Waals surface area contributed by atoms with Crippen molar-refractivity contribution < 1.29 is 46.8 Å². The van der Waals surface area contributed by atoms with Crippen molar-refractivity contribution in [2.24, 2.45) is 11.8 Å². The zero-order valence-corrected chi connectivity index (χ0v) is 21.2. The number of piperidine rings is 1. The molecule has 153 valence electrons. The Morgan fingerprint density at radius 3 is 2.43 bits per heavy atom. The fourth-order valence-corrected chi connectivity index (χ4v) is 4.28. The van der Waals surface area contributed by atoms with Crippen LogP contribution in [0.3, 0.4) is 0 Å². The third-order valence-electron chi connectivity index (χ3n) is 6.05. The summed E-state index contributed by atoms with van der Waals surface area (Å²) in [6.45, 7) is 14.5. The first-order valence-corrected chi connectivity index (χ1v) is 10.5. The topological polar surface area (TPSA) is 46.2 Å². The summed E-state index contributed by atoms with van der Waals surface area (Å²) in [5, 5.41) is 3.09. The van der Waals surface area contributed by atoms with E-state index in [0.29, 0.717) is 18.9 Å². The van der Waals surface area contributed by atoms with Gasteiger partial charge in [0.2, 0.25) is 5.91 Å². The molecule has 2 unspecified atom stereocenters. The van der Waals surface area contributed by atoms with Crippen LogP contribution in [0.5, 0.6) is 0 Å². The molecule has 1 fully saturated rings. The van der Waals surface area contributed by atoms with Crippen molar-refractivity contribution >= 4 is 11.7 Å². The summed E-state index contributed by atoms with van der Waals surface area (Å²) >= 11 is 0. The maximum absolute atomic E-state index is 12.9. The van der Waals surface area contributed by atoms with E-state index < -0.39 is 0 Å². The van der Waals surface area contributed by atoms with Gasteiger partial charge in [0.1, 0.15) is 6.54 Å². The Balaban J connectivity index is 0.00000392. The van der Waals surface area contributed by atoms with Gasteiger partial charge in [0.25, 0.3) is 0 Å². The second-order valence-corrected chi connectivity index (χ2v) is 8.79. The summed E-state index contributed by atoms with van der Waals surface area (Å²) in [6, 6.07) is 6.20. The molecule has 1 amide bonds. The molecule has 0 saturated carbocycles. The van der Waals surface area contributed by atoms with E-state index in [1.165, 1.54) is 16.7 Å². The molecule has 5 heteroatoms. The molecule has 1 radical (unpaired) electrons. The van der Waals surface area contributed by atoms with Crippen molar-refractivity contribution in [1.29, 1.82) is 0 Å². The van der Waals surface area contributed by atoms with Gasteiger partial charge in [-0.3, -0.25) is 9.59 Å². The monoisotopic (exact) mass is 462 g/mol. The first-order valence-electron chi connectivity index (χ1n) is 10.5. The molecule has 2 atom stereocenters. The van der Waals surface area contributed by atoms with Crippen molar-refractivity contribution in [3.63, 3.8) is 0 Å². The first-order chi connectivity index (χ1) is 12.8. The minimum atomic E-state index is 0. The summed E-state index contributed by atoms with van der Waals surface area (Å²) < 4.78 is 0.753. The minimum Gasteiger partial charge on any atom is -0.355 e. The molecule has 1 saturated heterocycles. The number of carbonyl (C=O) groups excluding carboxylic acids is 2. The van der Waals surface area contributed by atoms with Crippen LogP contribution in [0.15, 0.2) is 18.2 Å². The number of hydrogen-bond acceptors (Lipinski definition) is 2. The van der Waals surface area contributed by atoms with E-state index in [9.17, 15) is 9.59 Å². The van der Waals surface area contributed by atoms with Crippen molar-refractivity contribution in [3.8, 4) is 0 Å². The summed E-state index contributed by atoms with van der Waals surface area (Å²) in [6.07, 6.45) is 2.46. The van der Waals surface area contributed by atoms with Gasteiger partial charge in [0, 0.05) is 45.7 Å². The number of nitrogens with one attached hydrogen (secondary N) is 1. The molecule has 1 aromatic carbocycles. The predicted octanol–water partition coefficient (Wildman–Crippen LogP) is 3.43. The Kier molecular flexibility index (Phi) is 10.5. The van der Waals surface area contributed by atoms with Gasteiger partial charge in [0.15, 0.2) is 5.78 Å². The van der Waals surface area contributed by atoms with Crippen molar-refractivity contribution in [2.75, 3.05) is 32.7 Å². The molecule has 1 aliphatic heterocycles. The third kappa shape index (κ3) is 7.04. The molecule has 0 spiro atoms. The van der Waals surface area contributed by atoms with Gasteiger partial charge in [-0.25, -0.2) is 0 Å². The number of benzene rings is 1. The summed E-state index contributed by atoms with van der Waals surface area (Å²) in [5.41, 5.74) is 3.55. The van der Waals surface area contributed by atoms with E-state index in [4.69, 9.17) is 0 Å². The molecule has 1 heterocycles. The Bertz CT molecular complexity index is 654. The Labute approximate surface area is 196 Å². The van der Waals surface area contributed by atoms with Crippen LogP contribution in [0.2, 0.25) is 0 Å². The molecular formula is C23H37N2O2Y+. The van der Waals surface area contributed by atoms with Gasteiger partial charge in [-0.15, -0.1) is 0 Å². The smallest absolute Gasteiger partial charge is 0.228 e. The maximum Gasteiger partial charge on any atom is 0.228 e. The van der Waals surface area contributed by atoms with E-state index in [2.05, 4.69) is 52.1 Å². The second kappa shape index (κ2) is 11.6. The van der Waals surface area contributed by atoms with Crippen molar-refractivity contribution in [2.45, 2.75) is 53.9 Å². The number of carbonyl (C=O) groups is 2. The van der Waals surface area contributed by atoms with Gasteiger partial charge in [-0.05, 0) is 56.2 Å². The Hall–Kier alpha value is -0.576. The molecule has 0 bridgehead atoms. The minimum absolute atomic E-state index is 0. The van der Waals surface area contributed by atoms with Gasteiger partial charge < -0.3 is 9.80 Å². The van der Waals surface area contributed by atoms with E-state index in [1.54, 1.807) is 0 Å².